The van der Waals surface area contributed by atoms with Gasteiger partial charge in [0.15, 0.2) is 0 Å². The minimum absolute atomic E-state index is 0.00977. The third kappa shape index (κ3) is 3.44. The first kappa shape index (κ1) is 16.4. The first-order chi connectivity index (χ1) is 9.50. The Balaban J connectivity index is 2.69. The lowest BCUT2D eigenvalue weighted by atomic mass is 9.88. The summed E-state index contributed by atoms with van der Waals surface area (Å²) < 4.78 is 1.94. The van der Waals surface area contributed by atoms with Gasteiger partial charge in [-0.3, -0.25) is 0 Å². The maximum Gasteiger partial charge on any atom is 0.0836 e. The number of benzene rings is 1. The van der Waals surface area contributed by atoms with Crippen molar-refractivity contribution in [2.75, 3.05) is 0 Å². The maximum absolute atomic E-state index is 6.36. The number of halogens is 2. The smallest absolute Gasteiger partial charge is 0.0836 e. The molecular formula is C17H22Cl2N2. The van der Waals surface area contributed by atoms with Gasteiger partial charge in [-0.1, -0.05) is 64.7 Å². The van der Waals surface area contributed by atoms with Crippen LogP contribution in [0, 0.1) is 0 Å². The van der Waals surface area contributed by atoms with Crippen LogP contribution in [0.4, 0.5) is 0 Å². The van der Waals surface area contributed by atoms with Gasteiger partial charge in [0.1, 0.15) is 0 Å². The van der Waals surface area contributed by atoms with Crippen molar-refractivity contribution in [1.82, 2.24) is 9.78 Å². The molecule has 0 saturated heterocycles. The molecule has 21 heavy (non-hydrogen) atoms. The first-order valence-electron chi connectivity index (χ1n) is 7.06. The molecule has 0 saturated carbocycles. The summed E-state index contributed by atoms with van der Waals surface area (Å²) in [6.07, 6.45) is 0. The molecule has 0 aliphatic rings. The minimum Gasteiger partial charge on any atom is -0.235 e. The summed E-state index contributed by atoms with van der Waals surface area (Å²) in [6.45, 7) is 13.0. The van der Waals surface area contributed by atoms with Crippen LogP contribution in [0.3, 0.4) is 0 Å². The Hall–Kier alpha value is -0.990. The molecule has 0 N–H and O–H groups in total. The van der Waals surface area contributed by atoms with Gasteiger partial charge >= 0.3 is 0 Å². The minimum atomic E-state index is -0.0283. The van der Waals surface area contributed by atoms with E-state index in [4.69, 9.17) is 28.3 Å². The van der Waals surface area contributed by atoms with Crippen molar-refractivity contribution in [2.24, 2.45) is 0 Å². The normalized spacial score (nSPS) is 12.8. The van der Waals surface area contributed by atoms with Gasteiger partial charge in [-0.2, -0.15) is 5.10 Å². The second-order valence-corrected chi connectivity index (χ2v) is 8.27. The van der Waals surface area contributed by atoms with Crippen LogP contribution in [-0.2, 0) is 10.8 Å². The van der Waals surface area contributed by atoms with Crippen LogP contribution in [0.1, 0.15) is 52.9 Å². The zero-order valence-corrected chi connectivity index (χ0v) is 15.0. The van der Waals surface area contributed by atoms with E-state index in [0.29, 0.717) is 10.0 Å². The first-order valence-corrected chi connectivity index (χ1v) is 7.82. The molecular weight excluding hydrogens is 303 g/mol. The highest BCUT2D eigenvalue weighted by Gasteiger charge is 2.27. The molecule has 2 aromatic rings. The van der Waals surface area contributed by atoms with E-state index in [1.54, 1.807) is 6.07 Å². The molecule has 0 unspecified atom stereocenters. The van der Waals surface area contributed by atoms with Crippen molar-refractivity contribution in [3.05, 3.63) is 45.7 Å². The van der Waals surface area contributed by atoms with Crippen LogP contribution in [0.15, 0.2) is 24.3 Å². The Labute approximate surface area is 137 Å². The molecule has 2 rings (SSSR count). The lowest BCUT2D eigenvalue weighted by Gasteiger charge is -2.20. The summed E-state index contributed by atoms with van der Waals surface area (Å²) in [7, 11) is 0. The summed E-state index contributed by atoms with van der Waals surface area (Å²) in [5.74, 6) is 0. The van der Waals surface area contributed by atoms with Crippen LogP contribution in [0.2, 0.25) is 10.0 Å². The predicted molar refractivity (Wildman–Crippen MR) is 91.0 cm³/mol. The fourth-order valence-electron chi connectivity index (χ4n) is 2.12. The quantitative estimate of drug-likeness (QED) is 0.650. The molecule has 0 spiro atoms. The number of hydrogen-bond donors (Lipinski definition) is 0. The van der Waals surface area contributed by atoms with Gasteiger partial charge in [0, 0.05) is 21.5 Å². The SMILES string of the molecule is CC(C)(C)c1cc(C(C)(C)C)n(-c2ccc(Cl)cc2Cl)n1. The van der Waals surface area contributed by atoms with Crippen molar-refractivity contribution in [3.8, 4) is 5.69 Å². The Morgan fingerprint density at radius 3 is 2.00 bits per heavy atom. The molecule has 1 heterocycles. The van der Waals surface area contributed by atoms with Crippen molar-refractivity contribution < 1.29 is 0 Å². The highest BCUT2D eigenvalue weighted by Crippen LogP contribution is 2.33. The third-order valence-corrected chi connectivity index (χ3v) is 3.92. The van der Waals surface area contributed by atoms with Gasteiger partial charge in [0.2, 0.25) is 0 Å². The van der Waals surface area contributed by atoms with E-state index in [1.165, 1.54) is 0 Å². The zero-order valence-electron chi connectivity index (χ0n) is 13.5. The van der Waals surface area contributed by atoms with E-state index in [9.17, 15) is 0 Å². The average molecular weight is 325 g/mol. The molecule has 0 radical (unpaired) electrons. The summed E-state index contributed by atoms with van der Waals surface area (Å²) in [6, 6.07) is 7.68. The van der Waals surface area contributed by atoms with Crippen molar-refractivity contribution in [3.63, 3.8) is 0 Å². The molecule has 4 heteroatoms. The molecule has 1 aromatic carbocycles. The predicted octanol–water partition coefficient (Wildman–Crippen LogP) is 5.77. The second kappa shape index (κ2) is 5.33. The van der Waals surface area contributed by atoms with Crippen LogP contribution < -0.4 is 0 Å². The molecule has 1 aromatic heterocycles. The maximum atomic E-state index is 6.36. The fraction of sp³-hybridized carbons (Fsp3) is 0.471. The number of nitrogens with zero attached hydrogens (tertiary/aromatic N) is 2. The van der Waals surface area contributed by atoms with E-state index in [-0.39, 0.29) is 10.8 Å². The molecule has 0 aliphatic heterocycles. The molecule has 114 valence electrons. The van der Waals surface area contributed by atoms with E-state index >= 15 is 0 Å². The molecule has 0 atom stereocenters. The van der Waals surface area contributed by atoms with E-state index in [0.717, 1.165) is 17.1 Å². The van der Waals surface area contributed by atoms with Gasteiger partial charge in [-0.05, 0) is 24.3 Å². The highest BCUT2D eigenvalue weighted by atomic mass is 35.5. The number of aromatic nitrogens is 2. The molecule has 2 nitrogen and oxygen atoms in total. The lowest BCUT2D eigenvalue weighted by Crippen LogP contribution is -2.17. The van der Waals surface area contributed by atoms with Crippen LogP contribution in [-0.4, -0.2) is 9.78 Å². The summed E-state index contributed by atoms with van der Waals surface area (Å²) in [4.78, 5) is 0. The summed E-state index contributed by atoms with van der Waals surface area (Å²) in [5.41, 5.74) is 3.01. The van der Waals surface area contributed by atoms with Crippen LogP contribution in [0.5, 0.6) is 0 Å². The molecule has 0 amide bonds. The van der Waals surface area contributed by atoms with E-state index in [1.807, 2.05) is 16.8 Å². The summed E-state index contributed by atoms with van der Waals surface area (Å²) >= 11 is 12.4. The fourth-order valence-corrected chi connectivity index (χ4v) is 2.61. The lowest BCUT2D eigenvalue weighted by molar-refractivity contribution is 0.537. The van der Waals surface area contributed by atoms with Crippen LogP contribution in [0.25, 0.3) is 5.69 Å². The van der Waals surface area contributed by atoms with E-state index < -0.39 is 0 Å². The van der Waals surface area contributed by atoms with Crippen LogP contribution >= 0.6 is 23.2 Å². The second-order valence-electron chi connectivity index (χ2n) is 7.42. The monoisotopic (exact) mass is 324 g/mol. The summed E-state index contributed by atoms with van der Waals surface area (Å²) in [5, 5.41) is 6.03. The standard InChI is InChI=1S/C17H22Cl2N2/c1-16(2,3)14-10-15(17(4,5)6)21(20-14)13-8-7-11(18)9-12(13)19/h7-10H,1-6H3. The topological polar surface area (TPSA) is 17.8 Å². The van der Waals surface area contributed by atoms with Crippen molar-refractivity contribution in [2.45, 2.75) is 52.4 Å². The number of rotatable bonds is 1. The Bertz CT molecular complexity index is 658. The largest absolute Gasteiger partial charge is 0.235 e. The Morgan fingerprint density at radius 2 is 1.52 bits per heavy atom. The van der Waals surface area contributed by atoms with Gasteiger partial charge in [-0.25, -0.2) is 4.68 Å². The Morgan fingerprint density at radius 1 is 0.905 bits per heavy atom. The average Bonchev–Trinajstić information content (AvgIpc) is 2.72. The highest BCUT2D eigenvalue weighted by molar-refractivity contribution is 6.35. The van der Waals surface area contributed by atoms with Gasteiger partial charge in [-0.15, -0.1) is 0 Å². The Kier molecular flexibility index (Phi) is 4.16. The van der Waals surface area contributed by atoms with E-state index in [2.05, 4.69) is 47.6 Å². The zero-order chi connectivity index (χ0) is 16.0. The van der Waals surface area contributed by atoms with Gasteiger partial charge < -0.3 is 0 Å². The molecule has 0 aliphatic carbocycles. The van der Waals surface area contributed by atoms with Gasteiger partial charge in [0.05, 0.1) is 16.4 Å². The van der Waals surface area contributed by atoms with Gasteiger partial charge in [0.25, 0.3) is 0 Å². The third-order valence-electron chi connectivity index (χ3n) is 3.38. The number of hydrogen-bond acceptors (Lipinski definition) is 1. The molecule has 0 bridgehead atoms. The van der Waals surface area contributed by atoms with Crippen molar-refractivity contribution >= 4 is 23.2 Å². The van der Waals surface area contributed by atoms with Crippen molar-refractivity contribution in [1.29, 1.82) is 0 Å². The molecule has 0 fully saturated rings.